The summed E-state index contributed by atoms with van der Waals surface area (Å²) in [7, 11) is 0. The highest BCUT2D eigenvalue weighted by molar-refractivity contribution is 5.96. The summed E-state index contributed by atoms with van der Waals surface area (Å²) in [5.41, 5.74) is 8.81. The fraction of sp³-hybridized carbons (Fsp3) is 0.562. The lowest BCUT2D eigenvalue weighted by Crippen LogP contribution is -2.36. The van der Waals surface area contributed by atoms with Gasteiger partial charge < -0.3 is 10.6 Å². The summed E-state index contributed by atoms with van der Waals surface area (Å²) in [6, 6.07) is 6.95. The molecule has 0 atom stereocenters. The predicted molar refractivity (Wildman–Crippen MR) is 82.1 cm³/mol. The molecule has 0 aliphatic heterocycles. The van der Waals surface area contributed by atoms with Crippen molar-refractivity contribution in [3.63, 3.8) is 0 Å². The molecule has 0 aromatic heterocycles. The molecule has 1 aliphatic carbocycles. The van der Waals surface area contributed by atoms with E-state index < -0.39 is 0 Å². The second-order valence-electron chi connectivity index (χ2n) is 5.49. The summed E-state index contributed by atoms with van der Waals surface area (Å²) in [4.78, 5) is 2.51. The van der Waals surface area contributed by atoms with Gasteiger partial charge in [-0.25, -0.2) is 0 Å². The number of benzene rings is 1. The molecule has 0 unspecified atom stereocenters. The molecule has 1 fully saturated rings. The number of nitrogen functional groups attached to an aromatic ring is 1. The Bertz CT molecular complexity index is 447. The number of hydrogen-bond acceptors (Lipinski definition) is 2. The first-order valence-corrected chi connectivity index (χ1v) is 7.35. The molecule has 3 nitrogen and oxygen atoms in total. The van der Waals surface area contributed by atoms with E-state index in [2.05, 4.69) is 24.0 Å². The van der Waals surface area contributed by atoms with E-state index in [4.69, 9.17) is 11.1 Å². The number of nitrogens with zero attached hydrogens (tertiary/aromatic N) is 1. The molecule has 104 valence electrons. The molecule has 1 saturated carbocycles. The maximum atomic E-state index is 7.56. The predicted octanol–water partition coefficient (Wildman–Crippen LogP) is 3.44. The van der Waals surface area contributed by atoms with Crippen LogP contribution >= 0.6 is 0 Å². The summed E-state index contributed by atoms with van der Waals surface area (Å²) >= 11 is 0. The quantitative estimate of drug-likeness (QED) is 0.643. The number of nitrogens with one attached hydrogen (secondary N) is 1. The van der Waals surface area contributed by atoms with Gasteiger partial charge in [0.1, 0.15) is 5.84 Å². The fourth-order valence-corrected chi connectivity index (χ4v) is 3.17. The molecule has 1 aromatic rings. The third-order valence-electron chi connectivity index (χ3n) is 4.19. The summed E-state index contributed by atoms with van der Waals surface area (Å²) < 4.78 is 0. The van der Waals surface area contributed by atoms with Crippen LogP contribution < -0.4 is 10.6 Å². The summed E-state index contributed by atoms with van der Waals surface area (Å²) in [6.45, 7) is 5.31. The van der Waals surface area contributed by atoms with Crippen molar-refractivity contribution in [1.29, 1.82) is 5.41 Å². The van der Waals surface area contributed by atoms with Crippen molar-refractivity contribution in [2.45, 2.75) is 52.0 Å². The average molecular weight is 259 g/mol. The van der Waals surface area contributed by atoms with Crippen LogP contribution in [0.25, 0.3) is 0 Å². The molecule has 0 amide bonds. The highest BCUT2D eigenvalue weighted by Crippen LogP contribution is 2.28. The summed E-state index contributed by atoms with van der Waals surface area (Å²) in [5, 5.41) is 7.56. The first kappa shape index (κ1) is 13.9. The molecule has 1 aromatic carbocycles. The minimum absolute atomic E-state index is 0.157. The monoisotopic (exact) mass is 259 g/mol. The Balaban J connectivity index is 2.23. The van der Waals surface area contributed by atoms with E-state index >= 15 is 0 Å². The first-order chi connectivity index (χ1) is 9.13. The van der Waals surface area contributed by atoms with Crippen molar-refractivity contribution < 1.29 is 0 Å². The molecule has 2 rings (SSSR count). The van der Waals surface area contributed by atoms with E-state index in [9.17, 15) is 0 Å². The molecule has 0 saturated heterocycles. The van der Waals surface area contributed by atoms with Crippen LogP contribution in [-0.2, 0) is 0 Å². The Morgan fingerprint density at radius 3 is 2.53 bits per heavy atom. The lowest BCUT2D eigenvalue weighted by Gasteiger charge is -2.35. The van der Waals surface area contributed by atoms with Crippen LogP contribution in [0.3, 0.4) is 0 Å². The van der Waals surface area contributed by atoms with Gasteiger partial charge in [0.15, 0.2) is 0 Å². The number of hydrogen-bond donors (Lipinski definition) is 2. The lowest BCUT2D eigenvalue weighted by molar-refractivity contribution is 0.418. The highest BCUT2D eigenvalue weighted by Gasteiger charge is 2.20. The van der Waals surface area contributed by atoms with Crippen LogP contribution in [0, 0.1) is 12.3 Å². The Morgan fingerprint density at radius 2 is 2.00 bits per heavy atom. The smallest absolute Gasteiger partial charge is 0.123 e. The van der Waals surface area contributed by atoms with Crippen LogP contribution in [0.1, 0.15) is 50.2 Å². The molecule has 3 heteroatoms. The average Bonchev–Trinajstić information content (AvgIpc) is 2.40. The van der Waals surface area contributed by atoms with E-state index in [-0.39, 0.29) is 5.84 Å². The van der Waals surface area contributed by atoms with Crippen molar-refractivity contribution in [2.75, 3.05) is 11.4 Å². The van der Waals surface area contributed by atoms with Gasteiger partial charge in [0.05, 0.1) is 0 Å². The molecule has 1 aliphatic rings. The molecule has 0 bridgehead atoms. The van der Waals surface area contributed by atoms with Gasteiger partial charge in [-0.1, -0.05) is 19.3 Å². The van der Waals surface area contributed by atoms with E-state index in [1.165, 1.54) is 37.8 Å². The molecule has 0 spiro atoms. The lowest BCUT2D eigenvalue weighted by atomic mass is 9.93. The van der Waals surface area contributed by atoms with Crippen molar-refractivity contribution >= 4 is 11.5 Å². The number of amidine groups is 1. The Kier molecular flexibility index (Phi) is 4.46. The maximum Gasteiger partial charge on any atom is 0.123 e. The van der Waals surface area contributed by atoms with Crippen molar-refractivity contribution in [3.05, 3.63) is 29.3 Å². The topological polar surface area (TPSA) is 53.1 Å². The molecule has 0 radical (unpaired) electrons. The molecule has 0 heterocycles. The van der Waals surface area contributed by atoms with Gasteiger partial charge in [0.25, 0.3) is 0 Å². The zero-order valence-electron chi connectivity index (χ0n) is 12.1. The fourth-order valence-electron chi connectivity index (χ4n) is 3.17. The Labute approximate surface area is 116 Å². The maximum absolute atomic E-state index is 7.56. The van der Waals surface area contributed by atoms with Gasteiger partial charge >= 0.3 is 0 Å². The van der Waals surface area contributed by atoms with Crippen LogP contribution in [-0.4, -0.2) is 18.4 Å². The summed E-state index contributed by atoms with van der Waals surface area (Å²) in [6.07, 6.45) is 6.70. The van der Waals surface area contributed by atoms with Crippen molar-refractivity contribution in [2.24, 2.45) is 5.73 Å². The largest absolute Gasteiger partial charge is 0.384 e. The molecular weight excluding hydrogens is 234 g/mol. The van der Waals surface area contributed by atoms with E-state index in [0.29, 0.717) is 6.04 Å². The standard InChI is InChI=1S/C16H25N3/c1-3-19(13-7-5-4-6-8-13)14-9-10-15(16(17)18)12(2)11-14/h9-11,13H,3-8H2,1-2H3,(H3,17,18). The SMILES string of the molecule is CCN(c1ccc(C(=N)N)c(C)c1)C1CCCCC1. The summed E-state index contributed by atoms with van der Waals surface area (Å²) in [5.74, 6) is 0.157. The zero-order chi connectivity index (χ0) is 13.8. The minimum atomic E-state index is 0.157. The number of anilines is 1. The van der Waals surface area contributed by atoms with E-state index in [1.807, 2.05) is 13.0 Å². The third kappa shape index (κ3) is 3.09. The van der Waals surface area contributed by atoms with Gasteiger partial charge in [-0.2, -0.15) is 0 Å². The Morgan fingerprint density at radius 1 is 1.32 bits per heavy atom. The minimum Gasteiger partial charge on any atom is -0.384 e. The third-order valence-corrected chi connectivity index (χ3v) is 4.19. The van der Waals surface area contributed by atoms with Crippen molar-refractivity contribution in [3.8, 4) is 0 Å². The van der Waals surface area contributed by atoms with Gasteiger partial charge in [0, 0.05) is 23.8 Å². The zero-order valence-corrected chi connectivity index (χ0v) is 12.1. The second-order valence-corrected chi connectivity index (χ2v) is 5.49. The van der Waals surface area contributed by atoms with Crippen LogP contribution in [0.5, 0.6) is 0 Å². The number of nitrogens with two attached hydrogens (primary N) is 1. The van der Waals surface area contributed by atoms with Gasteiger partial charge in [0.2, 0.25) is 0 Å². The highest BCUT2D eigenvalue weighted by atomic mass is 15.2. The normalized spacial score (nSPS) is 16.3. The molecule has 19 heavy (non-hydrogen) atoms. The van der Waals surface area contributed by atoms with Crippen LogP contribution in [0.15, 0.2) is 18.2 Å². The Hall–Kier alpha value is -1.51. The molecule has 3 N–H and O–H groups in total. The van der Waals surface area contributed by atoms with E-state index in [0.717, 1.165) is 17.7 Å². The van der Waals surface area contributed by atoms with E-state index in [1.54, 1.807) is 0 Å². The number of aryl methyl sites for hydroxylation is 1. The first-order valence-electron chi connectivity index (χ1n) is 7.35. The van der Waals surface area contributed by atoms with Gasteiger partial charge in [-0.15, -0.1) is 0 Å². The van der Waals surface area contributed by atoms with Crippen LogP contribution in [0.4, 0.5) is 5.69 Å². The van der Waals surface area contributed by atoms with Crippen LogP contribution in [0.2, 0.25) is 0 Å². The second kappa shape index (κ2) is 6.09. The molecular formula is C16H25N3. The van der Waals surface area contributed by atoms with Gasteiger partial charge in [-0.05, 0) is 50.5 Å². The number of rotatable bonds is 4. The van der Waals surface area contributed by atoms with Crippen molar-refractivity contribution in [1.82, 2.24) is 0 Å². The van der Waals surface area contributed by atoms with Gasteiger partial charge in [-0.3, -0.25) is 5.41 Å².